The van der Waals surface area contributed by atoms with Gasteiger partial charge in [0.25, 0.3) is 0 Å². The third-order valence-electron chi connectivity index (χ3n) is 7.41. The highest BCUT2D eigenvalue weighted by atomic mass is 33.4. The molecule has 0 amide bonds. The standard InChI is InChI=1S/C10H18O4.C10H20.C6H12O.C3H6O.C2H6.CO2.S12/c1-8(11)7-13-10(12)14-9-5-3-2-4-6-9;1-10(2,3)9-7-5-4-6-8-9;7-6-4-2-1-3-5-6;1-3-2-4-3;1-2;2-1-3;1-3-5-7-9-11-12-10-8-6-4-2/h8-9,11H,2-7H2,1H3;9H,4-8H2,1-3H3;6-7H,1-5H2;3H,2H2,1H3;1-2H3;;. The van der Waals surface area contributed by atoms with E-state index in [1.54, 1.807) is 78.0 Å². The smallest absolute Gasteiger partial charge is 0.432 e. The molecular formula is C32H62O8S12. The molecule has 1 aliphatic heterocycles. The zero-order valence-corrected chi connectivity index (χ0v) is 41.4. The van der Waals surface area contributed by atoms with Gasteiger partial charge in [-0.2, -0.15) is 9.59 Å². The zero-order chi connectivity index (χ0) is 39.9. The van der Waals surface area contributed by atoms with Gasteiger partial charge in [-0.3, -0.25) is 0 Å². The van der Waals surface area contributed by atoms with E-state index in [1.165, 1.54) is 75.5 Å². The van der Waals surface area contributed by atoms with Gasteiger partial charge >= 0.3 is 12.3 Å². The second kappa shape index (κ2) is 43.3. The van der Waals surface area contributed by atoms with Crippen LogP contribution in [0.3, 0.4) is 0 Å². The summed E-state index contributed by atoms with van der Waals surface area (Å²) in [4.78, 5) is 27.3. The van der Waals surface area contributed by atoms with Gasteiger partial charge in [0.05, 0.1) is 24.9 Å². The van der Waals surface area contributed by atoms with Crippen molar-refractivity contribution < 1.29 is 38.8 Å². The van der Waals surface area contributed by atoms with Gasteiger partial charge in [0.2, 0.25) is 0 Å². The molecule has 3 aliphatic carbocycles. The van der Waals surface area contributed by atoms with E-state index in [0.717, 1.165) is 51.0 Å². The molecule has 0 spiro atoms. The Morgan fingerprint density at radius 1 is 0.769 bits per heavy atom. The highest BCUT2D eigenvalue weighted by Gasteiger charge is 2.25. The van der Waals surface area contributed by atoms with Gasteiger partial charge in [0.15, 0.2) is 0 Å². The van der Waals surface area contributed by atoms with Crippen molar-refractivity contribution in [2.75, 3.05) is 13.2 Å². The minimum absolute atomic E-state index is 0.00551. The van der Waals surface area contributed by atoms with Crippen LogP contribution in [0.1, 0.15) is 145 Å². The molecule has 52 heavy (non-hydrogen) atoms. The molecule has 0 aromatic carbocycles. The van der Waals surface area contributed by atoms with Crippen LogP contribution in [0.2, 0.25) is 0 Å². The maximum absolute atomic E-state index is 11.1. The summed E-state index contributed by atoms with van der Waals surface area (Å²) in [5.41, 5.74) is 0.570. The lowest BCUT2D eigenvalue weighted by atomic mass is 9.72. The summed E-state index contributed by atoms with van der Waals surface area (Å²) in [5.74, 6) is 1.00. The van der Waals surface area contributed by atoms with Gasteiger partial charge in [-0.15, -0.1) is 0 Å². The predicted octanol–water partition coefficient (Wildman–Crippen LogP) is 7.60. The Morgan fingerprint density at radius 3 is 1.38 bits per heavy atom. The van der Waals surface area contributed by atoms with Crippen LogP contribution in [0.5, 0.6) is 0 Å². The zero-order valence-electron chi connectivity index (χ0n) is 31.7. The van der Waals surface area contributed by atoms with Crippen LogP contribution in [0, 0.1) is 11.3 Å². The third kappa shape index (κ3) is 47.3. The number of hydrogen-bond acceptors (Lipinski definition) is 10. The number of hydrogen-bond donors (Lipinski definition) is 2. The van der Waals surface area contributed by atoms with E-state index >= 15 is 0 Å². The monoisotopic (exact) mass is 958 g/mol. The number of rotatable bonds is 3. The second-order valence-electron chi connectivity index (χ2n) is 12.7. The quantitative estimate of drug-likeness (QED) is 0.216. The first-order valence-electron chi connectivity index (χ1n) is 17.6. The molecule has 4 rings (SSSR count). The van der Waals surface area contributed by atoms with E-state index in [9.17, 15) is 4.79 Å². The minimum Gasteiger partial charge on any atom is -0.432 e. The minimum atomic E-state index is -0.655. The summed E-state index contributed by atoms with van der Waals surface area (Å²) < 4.78 is 14.5. The van der Waals surface area contributed by atoms with Gasteiger partial charge in [-0.25, -0.2) is 4.79 Å². The van der Waals surface area contributed by atoms with Crippen LogP contribution in [-0.2, 0) is 135 Å². The molecule has 0 bridgehead atoms. The normalized spacial score (nSPS) is 18.2. The number of carbonyl (C=O) groups is 1. The van der Waals surface area contributed by atoms with Gasteiger partial charge in [0.1, 0.15) is 12.7 Å². The first-order valence-corrected chi connectivity index (χ1v) is 32.3. The van der Waals surface area contributed by atoms with Crippen LogP contribution < -0.4 is 0 Å². The van der Waals surface area contributed by atoms with E-state index < -0.39 is 12.3 Å². The average molecular weight is 960 g/mol. The number of aliphatic hydroxyl groups excluding tert-OH is 2. The molecule has 8 nitrogen and oxygen atoms in total. The van der Waals surface area contributed by atoms with Crippen LogP contribution in [0.15, 0.2) is 0 Å². The van der Waals surface area contributed by atoms with Gasteiger partial charge in [0, 0.05) is 111 Å². The van der Waals surface area contributed by atoms with Crippen molar-refractivity contribution >= 4 is 123 Å². The first-order chi connectivity index (χ1) is 24.9. The summed E-state index contributed by atoms with van der Waals surface area (Å²) in [6, 6.07) is 0. The maximum atomic E-state index is 11.1. The molecule has 1 saturated heterocycles. The number of aliphatic hydroxyl groups is 2. The van der Waals surface area contributed by atoms with Crippen LogP contribution in [0.4, 0.5) is 4.79 Å². The van der Waals surface area contributed by atoms with Crippen molar-refractivity contribution in [3.63, 3.8) is 0 Å². The third-order valence-corrected chi connectivity index (χ3v) is 27.4. The molecule has 310 valence electrons. The van der Waals surface area contributed by atoms with Crippen molar-refractivity contribution in [1.82, 2.24) is 0 Å². The fourth-order valence-electron chi connectivity index (χ4n) is 4.78. The summed E-state index contributed by atoms with van der Waals surface area (Å²) in [6.45, 7) is 15.7. The molecule has 2 N–H and O–H groups in total. The average Bonchev–Trinajstić information content (AvgIpc) is 3.93. The summed E-state index contributed by atoms with van der Waals surface area (Å²) in [5, 5.41) is 17.8. The van der Waals surface area contributed by atoms with E-state index in [-0.39, 0.29) is 25.0 Å². The van der Waals surface area contributed by atoms with E-state index in [1.807, 2.05) is 13.8 Å². The molecule has 0 radical (unpaired) electrons. The van der Waals surface area contributed by atoms with E-state index in [4.69, 9.17) is 34.0 Å². The molecule has 4 aliphatic rings. The fourth-order valence-corrected chi connectivity index (χ4v) is 26.7. The topological polar surface area (TPSA) is 123 Å². The molecule has 4 fully saturated rings. The molecule has 20 heteroatoms. The molecule has 2 unspecified atom stereocenters. The van der Waals surface area contributed by atoms with Crippen molar-refractivity contribution in [1.29, 1.82) is 0 Å². The Kier molecular flexibility index (Phi) is 47.9. The summed E-state index contributed by atoms with van der Waals surface area (Å²) >= 11 is 9.38. The van der Waals surface area contributed by atoms with Gasteiger partial charge in [-0.1, -0.05) is 79.6 Å². The lowest BCUT2D eigenvalue weighted by molar-refractivity contribution is -0.191. The van der Waals surface area contributed by atoms with Crippen molar-refractivity contribution in [3.8, 4) is 0 Å². The van der Waals surface area contributed by atoms with Crippen LogP contribution >= 0.6 is 0 Å². The van der Waals surface area contributed by atoms with Crippen molar-refractivity contribution in [3.05, 3.63) is 0 Å². The fraction of sp³-hybridized carbons (Fsp3) is 0.938. The molecule has 0 aromatic rings. The largest absolute Gasteiger partial charge is 0.508 e. The molecule has 1 heterocycles. The van der Waals surface area contributed by atoms with Crippen molar-refractivity contribution in [2.45, 2.75) is 169 Å². The highest BCUT2D eigenvalue weighted by Crippen LogP contribution is 2.37. The number of epoxide rings is 1. The van der Waals surface area contributed by atoms with E-state index in [2.05, 4.69) is 50.1 Å². The lowest BCUT2D eigenvalue weighted by Crippen LogP contribution is -2.23. The van der Waals surface area contributed by atoms with Crippen molar-refractivity contribution in [2.24, 2.45) is 11.3 Å². The Hall–Kier alpha value is 1.17. The summed E-state index contributed by atoms with van der Waals surface area (Å²) in [7, 11) is 16.3. The highest BCUT2D eigenvalue weighted by molar-refractivity contribution is 8.75. The van der Waals surface area contributed by atoms with Gasteiger partial charge < -0.3 is 24.4 Å². The predicted molar refractivity (Wildman–Crippen MR) is 246 cm³/mol. The number of carbonyl (C=O) groups excluding carboxylic acids is 3. The summed E-state index contributed by atoms with van der Waals surface area (Å²) in [6.07, 6.45) is 18.2. The Labute approximate surface area is 352 Å². The van der Waals surface area contributed by atoms with Gasteiger partial charge in [-0.05, 0) is 76.5 Å². The Balaban J connectivity index is -0.000000579. The number of ether oxygens (including phenoxy) is 3. The SMILES string of the molecule is CC.CC(C)(C)C1CCCCC1.CC(O)COC(=O)OC1CCCCC1.CC1CO1.O=C=O.OC1CCCCC1.S=S=S=S=S=S=S=S=S=S=S=S. The van der Waals surface area contributed by atoms with E-state index in [0.29, 0.717) is 11.5 Å². The molecule has 0 aromatic heterocycles. The Morgan fingerprint density at radius 2 is 1.12 bits per heavy atom. The Bertz CT molecular complexity index is 1290. The molecular weight excluding hydrogens is 897 g/mol. The molecule has 2 atom stereocenters. The lowest BCUT2D eigenvalue weighted by Gasteiger charge is -2.33. The maximum Gasteiger partial charge on any atom is 0.508 e. The van der Waals surface area contributed by atoms with Crippen LogP contribution in [0.25, 0.3) is 0 Å². The van der Waals surface area contributed by atoms with Crippen LogP contribution in [-0.4, -0.2) is 60.1 Å². The second-order valence-corrected chi connectivity index (χ2v) is 30.4. The molecule has 3 saturated carbocycles. The first kappa shape index (κ1) is 57.5.